The summed E-state index contributed by atoms with van der Waals surface area (Å²) in [6, 6.07) is 4.13. The maximum atomic E-state index is 11.2. The van der Waals surface area contributed by atoms with E-state index < -0.39 is 5.76 Å². The lowest BCUT2D eigenvalue weighted by Crippen LogP contribution is -2.34. The number of H-pyrrole nitrogens is 1. The molecule has 0 bridgehead atoms. The maximum absolute atomic E-state index is 11.2. The highest BCUT2D eigenvalue weighted by Gasteiger charge is 2.32. The fraction of sp³-hybridized carbons (Fsp3) is 0.500. The van der Waals surface area contributed by atoms with Gasteiger partial charge < -0.3 is 20.0 Å². The van der Waals surface area contributed by atoms with Crippen molar-refractivity contribution in [1.82, 2.24) is 9.88 Å². The van der Waals surface area contributed by atoms with Gasteiger partial charge in [0.05, 0.1) is 16.9 Å². The molecule has 3 N–H and O–H groups in total. The van der Waals surface area contributed by atoms with Gasteiger partial charge in [-0.2, -0.15) is 0 Å². The molecule has 1 aliphatic heterocycles. The first kappa shape index (κ1) is 13.1. The minimum atomic E-state index is -0.447. The molecular formula is C14H20N4O2. The van der Waals surface area contributed by atoms with Crippen LogP contribution in [-0.2, 0) is 0 Å². The lowest BCUT2D eigenvalue weighted by Gasteiger charge is -2.23. The Balaban J connectivity index is 1.98. The van der Waals surface area contributed by atoms with Gasteiger partial charge in [-0.05, 0) is 26.1 Å². The topological polar surface area (TPSA) is 78.5 Å². The van der Waals surface area contributed by atoms with E-state index in [1.165, 1.54) is 0 Å². The van der Waals surface area contributed by atoms with E-state index in [1.54, 1.807) is 6.07 Å². The predicted molar refractivity (Wildman–Crippen MR) is 80.1 cm³/mol. The largest absolute Gasteiger partial charge is 0.417 e. The van der Waals surface area contributed by atoms with E-state index in [1.807, 2.05) is 6.07 Å². The van der Waals surface area contributed by atoms with Crippen LogP contribution in [0, 0.1) is 5.92 Å². The van der Waals surface area contributed by atoms with Crippen LogP contribution in [0.4, 0.5) is 11.4 Å². The van der Waals surface area contributed by atoms with Crippen LogP contribution >= 0.6 is 0 Å². The summed E-state index contributed by atoms with van der Waals surface area (Å²) in [7, 11) is 4.20. The third-order valence-corrected chi connectivity index (χ3v) is 4.14. The number of hydrogen-bond acceptors (Lipinski definition) is 5. The van der Waals surface area contributed by atoms with Crippen LogP contribution in [0.3, 0.4) is 0 Å². The van der Waals surface area contributed by atoms with Crippen molar-refractivity contribution in [2.24, 2.45) is 5.92 Å². The Hall–Kier alpha value is -1.95. The number of nitrogens with one attached hydrogen (secondary N) is 1. The molecule has 1 saturated heterocycles. The minimum absolute atomic E-state index is 0.447. The second-order valence-electron chi connectivity index (χ2n) is 5.83. The van der Waals surface area contributed by atoms with Gasteiger partial charge >= 0.3 is 5.76 Å². The number of aromatic nitrogens is 1. The van der Waals surface area contributed by atoms with Gasteiger partial charge in [0.1, 0.15) is 0 Å². The summed E-state index contributed by atoms with van der Waals surface area (Å²) in [4.78, 5) is 18.4. The number of anilines is 2. The monoisotopic (exact) mass is 276 g/mol. The van der Waals surface area contributed by atoms with Gasteiger partial charge in [0.15, 0.2) is 5.58 Å². The van der Waals surface area contributed by atoms with Crippen molar-refractivity contribution in [2.45, 2.75) is 13.0 Å². The van der Waals surface area contributed by atoms with Crippen molar-refractivity contribution >= 4 is 22.5 Å². The molecule has 1 aromatic heterocycles. The number of likely N-dealkylation sites (N-methyl/N-ethyl adjacent to an activating group) is 1. The molecule has 1 aromatic carbocycles. The number of oxazole rings is 1. The number of aromatic amines is 1. The number of nitrogens with two attached hydrogens (primary N) is 1. The molecule has 0 radical (unpaired) electrons. The van der Waals surface area contributed by atoms with Gasteiger partial charge in [-0.3, -0.25) is 4.98 Å². The first-order valence-corrected chi connectivity index (χ1v) is 6.79. The first-order chi connectivity index (χ1) is 9.45. The molecule has 6 nitrogen and oxygen atoms in total. The van der Waals surface area contributed by atoms with E-state index >= 15 is 0 Å². The maximum Gasteiger partial charge on any atom is 0.417 e. The Bertz CT molecular complexity index is 688. The standard InChI is InChI=1S/C14H20N4O2/c1-8-6-18(7-12(8)17(2)3)11-5-10-13(4-9(11)15)20-14(19)16-10/h4-5,8,12H,6-7,15H2,1-3H3,(H,16,19). The Labute approximate surface area is 117 Å². The van der Waals surface area contributed by atoms with Crippen molar-refractivity contribution in [2.75, 3.05) is 37.8 Å². The highest BCUT2D eigenvalue weighted by Crippen LogP contribution is 2.32. The van der Waals surface area contributed by atoms with E-state index in [9.17, 15) is 4.79 Å². The molecule has 3 rings (SSSR count). The molecule has 108 valence electrons. The fourth-order valence-electron chi connectivity index (χ4n) is 3.09. The smallest absolute Gasteiger partial charge is 0.408 e. The highest BCUT2D eigenvalue weighted by atomic mass is 16.4. The normalized spacial score (nSPS) is 23.1. The third-order valence-electron chi connectivity index (χ3n) is 4.14. The van der Waals surface area contributed by atoms with Crippen LogP contribution < -0.4 is 16.4 Å². The summed E-state index contributed by atoms with van der Waals surface area (Å²) in [5.41, 5.74) is 8.92. The number of nitrogens with zero attached hydrogens (tertiary/aromatic N) is 2. The van der Waals surface area contributed by atoms with Gasteiger partial charge in [0.25, 0.3) is 0 Å². The van der Waals surface area contributed by atoms with Crippen molar-refractivity contribution in [3.05, 3.63) is 22.7 Å². The summed E-state index contributed by atoms with van der Waals surface area (Å²) < 4.78 is 5.03. The summed E-state index contributed by atoms with van der Waals surface area (Å²) in [5.74, 6) is 0.126. The summed E-state index contributed by atoms with van der Waals surface area (Å²) in [6.07, 6.45) is 0. The average Bonchev–Trinajstić information content (AvgIpc) is 2.90. The molecule has 0 spiro atoms. The molecule has 2 aromatic rings. The number of nitrogen functional groups attached to an aromatic ring is 1. The molecule has 1 fully saturated rings. The predicted octanol–water partition coefficient (Wildman–Crippen LogP) is 1.09. The summed E-state index contributed by atoms with van der Waals surface area (Å²) >= 11 is 0. The molecule has 6 heteroatoms. The lowest BCUT2D eigenvalue weighted by atomic mass is 10.1. The lowest BCUT2D eigenvalue weighted by molar-refractivity contribution is 0.266. The van der Waals surface area contributed by atoms with Gasteiger partial charge in [0.2, 0.25) is 0 Å². The van der Waals surface area contributed by atoms with Crippen LogP contribution in [0.15, 0.2) is 21.3 Å². The average molecular weight is 276 g/mol. The minimum Gasteiger partial charge on any atom is -0.408 e. The number of benzene rings is 1. The molecule has 1 aliphatic rings. The first-order valence-electron chi connectivity index (χ1n) is 6.79. The molecular weight excluding hydrogens is 256 g/mol. The third kappa shape index (κ3) is 2.06. The molecule has 0 amide bonds. The van der Waals surface area contributed by atoms with Gasteiger partial charge in [0, 0.05) is 25.2 Å². The second kappa shape index (κ2) is 4.56. The molecule has 0 saturated carbocycles. The second-order valence-corrected chi connectivity index (χ2v) is 5.83. The van der Waals surface area contributed by atoms with E-state index in [4.69, 9.17) is 10.2 Å². The Kier molecular flexibility index (Phi) is 2.97. The van der Waals surface area contributed by atoms with E-state index in [0.717, 1.165) is 18.8 Å². The van der Waals surface area contributed by atoms with E-state index in [2.05, 4.69) is 35.8 Å². The Morgan fingerprint density at radius 2 is 2.15 bits per heavy atom. The van der Waals surface area contributed by atoms with E-state index in [-0.39, 0.29) is 0 Å². The van der Waals surface area contributed by atoms with Crippen LogP contribution in [0.1, 0.15) is 6.92 Å². The van der Waals surface area contributed by atoms with Gasteiger partial charge in [-0.25, -0.2) is 4.79 Å². The van der Waals surface area contributed by atoms with Gasteiger partial charge in [-0.15, -0.1) is 0 Å². The molecule has 2 heterocycles. The number of hydrogen-bond donors (Lipinski definition) is 2. The van der Waals surface area contributed by atoms with Crippen LogP contribution in [0.25, 0.3) is 11.1 Å². The molecule has 20 heavy (non-hydrogen) atoms. The Morgan fingerprint density at radius 3 is 2.80 bits per heavy atom. The highest BCUT2D eigenvalue weighted by molar-refractivity contribution is 5.85. The fourth-order valence-corrected chi connectivity index (χ4v) is 3.09. The zero-order valence-corrected chi connectivity index (χ0v) is 12.0. The molecule has 0 aliphatic carbocycles. The zero-order chi connectivity index (χ0) is 14.4. The molecule has 2 atom stereocenters. The summed E-state index contributed by atoms with van der Waals surface area (Å²) in [5, 5.41) is 0. The summed E-state index contributed by atoms with van der Waals surface area (Å²) in [6.45, 7) is 4.14. The molecule has 2 unspecified atom stereocenters. The van der Waals surface area contributed by atoms with Crippen LogP contribution in [0.2, 0.25) is 0 Å². The van der Waals surface area contributed by atoms with Crippen LogP contribution in [0.5, 0.6) is 0 Å². The number of rotatable bonds is 2. The zero-order valence-electron chi connectivity index (χ0n) is 12.0. The SMILES string of the molecule is CC1CN(c2cc3[nH]c(=O)oc3cc2N)CC1N(C)C. The van der Waals surface area contributed by atoms with E-state index in [0.29, 0.717) is 28.7 Å². The van der Waals surface area contributed by atoms with Crippen molar-refractivity contribution in [3.8, 4) is 0 Å². The number of fused-ring (bicyclic) bond motifs is 1. The van der Waals surface area contributed by atoms with Crippen molar-refractivity contribution in [3.63, 3.8) is 0 Å². The van der Waals surface area contributed by atoms with Crippen molar-refractivity contribution < 1.29 is 4.42 Å². The quantitative estimate of drug-likeness (QED) is 0.803. The van der Waals surface area contributed by atoms with Gasteiger partial charge in [-0.1, -0.05) is 6.92 Å². The van der Waals surface area contributed by atoms with Crippen molar-refractivity contribution in [1.29, 1.82) is 0 Å². The van der Waals surface area contributed by atoms with Crippen LogP contribution in [-0.4, -0.2) is 43.1 Å². The Morgan fingerprint density at radius 1 is 1.40 bits per heavy atom.